The summed E-state index contributed by atoms with van der Waals surface area (Å²) in [6.07, 6.45) is 1.31. The minimum absolute atomic E-state index is 0.0444. The number of amides is 2. The largest absolute Gasteiger partial charge is 0.496 e. The zero-order chi connectivity index (χ0) is 25.1. The molecule has 0 saturated carbocycles. The highest BCUT2D eigenvalue weighted by Gasteiger charge is 2.34. The molecule has 1 aliphatic rings. The number of rotatable bonds is 7. The van der Waals surface area contributed by atoms with E-state index in [1.54, 1.807) is 36.4 Å². The van der Waals surface area contributed by atoms with Crippen molar-refractivity contribution in [2.75, 3.05) is 18.6 Å². The van der Waals surface area contributed by atoms with E-state index in [0.717, 1.165) is 0 Å². The number of methoxy groups -OCH3 is 1. The molecular weight excluding hydrogens is 474 g/mol. The number of nitro benzene ring substituents is 1. The van der Waals surface area contributed by atoms with E-state index < -0.39 is 16.7 Å². The summed E-state index contributed by atoms with van der Waals surface area (Å²) in [5.74, 6) is 0.161. The first-order chi connectivity index (χ1) is 16.8. The highest BCUT2D eigenvalue weighted by atomic mass is 32.1. The maximum Gasteiger partial charge on any atom is 0.273 e. The first kappa shape index (κ1) is 23.6. The van der Waals surface area contributed by atoms with E-state index in [1.165, 1.54) is 36.3 Å². The second-order valence-corrected chi connectivity index (χ2v) is 7.62. The van der Waals surface area contributed by atoms with Gasteiger partial charge >= 0.3 is 0 Å². The fourth-order valence-electron chi connectivity index (χ4n) is 3.46. The van der Waals surface area contributed by atoms with Crippen molar-refractivity contribution >= 4 is 46.6 Å². The molecule has 1 saturated heterocycles. The molecule has 3 aromatic rings. The Morgan fingerprint density at radius 1 is 1.14 bits per heavy atom. The van der Waals surface area contributed by atoms with Gasteiger partial charge in [0.05, 0.1) is 36.0 Å². The van der Waals surface area contributed by atoms with Gasteiger partial charge in [-0.3, -0.25) is 29.9 Å². The molecule has 1 N–H and O–H groups in total. The van der Waals surface area contributed by atoms with Crippen LogP contribution in [0.25, 0.3) is 17.4 Å². The Labute approximate surface area is 204 Å². The van der Waals surface area contributed by atoms with E-state index in [2.05, 4.69) is 5.32 Å². The third kappa shape index (κ3) is 4.75. The summed E-state index contributed by atoms with van der Waals surface area (Å²) in [6.45, 7) is 2.36. The van der Waals surface area contributed by atoms with Crippen molar-refractivity contribution < 1.29 is 28.4 Å². The van der Waals surface area contributed by atoms with Gasteiger partial charge in [0, 0.05) is 6.07 Å². The summed E-state index contributed by atoms with van der Waals surface area (Å²) in [6, 6.07) is 14.0. The molecule has 178 valence electrons. The van der Waals surface area contributed by atoms with Gasteiger partial charge in [-0.1, -0.05) is 0 Å². The standard InChI is InChI=1S/C24H19N3O7S/c1-3-33-16-7-4-14(5-8-16)26-23(29)19(22(28)25-24(26)35)13-17-9-11-20(34-17)18-10-6-15(27(30)31)12-21(18)32-2/h4-13H,3H2,1-2H3,(H,25,28,35)/b19-13+. The van der Waals surface area contributed by atoms with Crippen molar-refractivity contribution in [2.24, 2.45) is 0 Å². The first-order valence-corrected chi connectivity index (χ1v) is 10.8. The molecule has 1 fully saturated rings. The minimum Gasteiger partial charge on any atom is -0.496 e. The van der Waals surface area contributed by atoms with Gasteiger partial charge in [-0.15, -0.1) is 0 Å². The average Bonchev–Trinajstić information content (AvgIpc) is 3.31. The molecule has 0 unspecified atom stereocenters. The van der Waals surface area contributed by atoms with Crippen molar-refractivity contribution in [1.29, 1.82) is 0 Å². The number of carbonyl (C=O) groups excluding carboxylic acids is 2. The lowest BCUT2D eigenvalue weighted by atomic mass is 10.1. The second kappa shape index (κ2) is 9.77. The monoisotopic (exact) mass is 493 g/mol. The van der Waals surface area contributed by atoms with E-state index in [0.29, 0.717) is 29.4 Å². The molecular formula is C24H19N3O7S. The number of thiocarbonyl (C=S) groups is 1. The van der Waals surface area contributed by atoms with Crippen LogP contribution >= 0.6 is 12.2 Å². The van der Waals surface area contributed by atoms with Crippen LogP contribution in [0.15, 0.2) is 64.6 Å². The Kier molecular flexibility index (Phi) is 6.60. The predicted molar refractivity (Wildman–Crippen MR) is 131 cm³/mol. The molecule has 11 heteroatoms. The van der Waals surface area contributed by atoms with Crippen LogP contribution in [0.5, 0.6) is 11.5 Å². The Morgan fingerprint density at radius 3 is 2.54 bits per heavy atom. The van der Waals surface area contributed by atoms with Crippen LogP contribution in [0, 0.1) is 10.1 Å². The number of carbonyl (C=O) groups is 2. The number of non-ortho nitro benzene ring substituents is 1. The molecule has 2 amide bonds. The van der Waals surface area contributed by atoms with Crippen LogP contribution in [-0.2, 0) is 9.59 Å². The van der Waals surface area contributed by atoms with Crippen molar-refractivity contribution in [3.63, 3.8) is 0 Å². The number of ether oxygens (including phenoxy) is 2. The number of anilines is 1. The minimum atomic E-state index is -0.659. The molecule has 35 heavy (non-hydrogen) atoms. The Hall–Kier alpha value is -4.51. The molecule has 0 radical (unpaired) electrons. The number of nitro groups is 1. The van der Waals surface area contributed by atoms with Crippen molar-refractivity contribution in [1.82, 2.24) is 5.32 Å². The first-order valence-electron chi connectivity index (χ1n) is 10.4. The fraction of sp³-hybridized carbons (Fsp3) is 0.125. The SMILES string of the molecule is CCOc1ccc(N2C(=O)/C(=C/c3ccc(-c4ccc([N+](=O)[O-])cc4OC)o3)C(=O)NC2=S)cc1. The van der Waals surface area contributed by atoms with Gasteiger partial charge in [-0.25, -0.2) is 0 Å². The summed E-state index contributed by atoms with van der Waals surface area (Å²) in [4.78, 5) is 37.5. The Bertz CT molecular complexity index is 1360. The highest BCUT2D eigenvalue weighted by Crippen LogP contribution is 2.35. The van der Waals surface area contributed by atoms with Gasteiger partial charge in [-0.2, -0.15) is 0 Å². The summed E-state index contributed by atoms with van der Waals surface area (Å²) in [5.41, 5.74) is 0.628. The third-order valence-corrected chi connectivity index (χ3v) is 5.37. The van der Waals surface area contributed by atoms with Gasteiger partial charge in [-0.05, 0) is 67.7 Å². The molecule has 1 aliphatic heterocycles. The van der Waals surface area contributed by atoms with Gasteiger partial charge in [0.1, 0.15) is 28.6 Å². The van der Waals surface area contributed by atoms with Crippen molar-refractivity contribution in [2.45, 2.75) is 6.92 Å². The van der Waals surface area contributed by atoms with Gasteiger partial charge in [0.2, 0.25) is 0 Å². The maximum atomic E-state index is 13.2. The molecule has 0 bridgehead atoms. The zero-order valence-electron chi connectivity index (χ0n) is 18.6. The lowest BCUT2D eigenvalue weighted by molar-refractivity contribution is -0.384. The summed E-state index contributed by atoms with van der Waals surface area (Å²) in [5, 5.41) is 13.5. The zero-order valence-corrected chi connectivity index (χ0v) is 19.5. The predicted octanol–water partition coefficient (Wildman–Crippen LogP) is 4.09. The Morgan fingerprint density at radius 2 is 1.89 bits per heavy atom. The Balaban J connectivity index is 1.64. The number of nitrogens with zero attached hydrogens (tertiary/aromatic N) is 2. The van der Waals surface area contributed by atoms with E-state index in [1.807, 2.05) is 6.92 Å². The highest BCUT2D eigenvalue weighted by molar-refractivity contribution is 7.80. The summed E-state index contributed by atoms with van der Waals surface area (Å²) in [7, 11) is 1.39. The van der Waals surface area contributed by atoms with Crippen molar-refractivity contribution in [3.05, 3.63) is 76.0 Å². The van der Waals surface area contributed by atoms with Crippen LogP contribution in [-0.4, -0.2) is 35.6 Å². The molecule has 0 aliphatic carbocycles. The van der Waals surface area contributed by atoms with Crippen LogP contribution in [0.1, 0.15) is 12.7 Å². The van der Waals surface area contributed by atoms with E-state index >= 15 is 0 Å². The van der Waals surface area contributed by atoms with E-state index in [9.17, 15) is 19.7 Å². The number of hydrogen-bond acceptors (Lipinski definition) is 8. The molecule has 2 heterocycles. The number of furan rings is 1. The van der Waals surface area contributed by atoms with E-state index in [-0.39, 0.29) is 27.9 Å². The quantitative estimate of drug-likeness (QED) is 0.172. The topological polar surface area (TPSA) is 124 Å². The maximum absolute atomic E-state index is 13.2. The average molecular weight is 493 g/mol. The number of nitrogens with one attached hydrogen (secondary N) is 1. The van der Waals surface area contributed by atoms with Crippen LogP contribution in [0.4, 0.5) is 11.4 Å². The third-order valence-electron chi connectivity index (χ3n) is 5.08. The normalized spacial score (nSPS) is 14.7. The second-order valence-electron chi connectivity index (χ2n) is 7.23. The van der Waals surface area contributed by atoms with Crippen molar-refractivity contribution in [3.8, 4) is 22.8 Å². The van der Waals surface area contributed by atoms with Crippen LogP contribution < -0.4 is 19.7 Å². The molecule has 0 spiro atoms. The smallest absolute Gasteiger partial charge is 0.273 e. The number of benzene rings is 2. The van der Waals surface area contributed by atoms with Gasteiger partial charge in [0.25, 0.3) is 17.5 Å². The van der Waals surface area contributed by atoms with E-state index in [4.69, 9.17) is 26.1 Å². The molecule has 2 aromatic carbocycles. The van der Waals surface area contributed by atoms with Gasteiger partial charge < -0.3 is 13.9 Å². The lowest BCUT2D eigenvalue weighted by Gasteiger charge is -2.28. The van der Waals surface area contributed by atoms with Gasteiger partial charge in [0.15, 0.2) is 5.11 Å². The summed E-state index contributed by atoms with van der Waals surface area (Å²) >= 11 is 5.22. The lowest BCUT2D eigenvalue weighted by Crippen LogP contribution is -2.54. The van der Waals surface area contributed by atoms with Crippen LogP contribution in [0.3, 0.4) is 0 Å². The van der Waals surface area contributed by atoms with Crippen LogP contribution in [0.2, 0.25) is 0 Å². The fourth-order valence-corrected chi connectivity index (χ4v) is 3.75. The summed E-state index contributed by atoms with van der Waals surface area (Å²) < 4.78 is 16.5. The molecule has 0 atom stereocenters. The molecule has 4 rings (SSSR count). The number of hydrogen-bond donors (Lipinski definition) is 1. The molecule has 10 nitrogen and oxygen atoms in total. The molecule has 1 aromatic heterocycles.